The van der Waals surface area contributed by atoms with Crippen LogP contribution in [0.25, 0.3) is 0 Å². The van der Waals surface area contributed by atoms with E-state index in [1.807, 2.05) is 18.2 Å². The van der Waals surface area contributed by atoms with Crippen LogP contribution in [0.15, 0.2) is 24.3 Å². The number of ether oxygens (including phenoxy) is 1. The molecular formula is C15H24ClNO. The van der Waals surface area contributed by atoms with Crippen LogP contribution < -0.4 is 5.32 Å². The van der Waals surface area contributed by atoms with E-state index in [0.29, 0.717) is 0 Å². The van der Waals surface area contributed by atoms with Crippen LogP contribution in [0.3, 0.4) is 0 Å². The van der Waals surface area contributed by atoms with Crippen molar-refractivity contribution in [2.45, 2.75) is 45.8 Å². The molecule has 102 valence electrons. The second-order valence-electron chi connectivity index (χ2n) is 5.55. The number of hydrogen-bond acceptors (Lipinski definition) is 2. The lowest BCUT2D eigenvalue weighted by Crippen LogP contribution is -2.39. The van der Waals surface area contributed by atoms with E-state index in [2.05, 4.69) is 39.1 Å². The van der Waals surface area contributed by atoms with Gasteiger partial charge in [-0.3, -0.25) is 0 Å². The molecule has 1 N–H and O–H groups in total. The number of benzene rings is 1. The molecule has 0 saturated carbocycles. The average Bonchev–Trinajstić information content (AvgIpc) is 2.28. The maximum Gasteiger partial charge on any atom is 0.0949 e. The highest BCUT2D eigenvalue weighted by molar-refractivity contribution is 6.30. The second-order valence-corrected chi connectivity index (χ2v) is 5.98. The maximum atomic E-state index is 6.04. The average molecular weight is 270 g/mol. The van der Waals surface area contributed by atoms with Gasteiger partial charge in [0.05, 0.1) is 6.10 Å². The van der Waals surface area contributed by atoms with E-state index in [-0.39, 0.29) is 11.6 Å². The van der Waals surface area contributed by atoms with Gasteiger partial charge in [0.25, 0.3) is 0 Å². The summed E-state index contributed by atoms with van der Waals surface area (Å²) in [5.41, 5.74) is 1.22. The first kappa shape index (κ1) is 15.5. The van der Waals surface area contributed by atoms with Gasteiger partial charge >= 0.3 is 0 Å². The van der Waals surface area contributed by atoms with Crippen LogP contribution >= 0.6 is 11.6 Å². The molecule has 0 radical (unpaired) electrons. The van der Waals surface area contributed by atoms with E-state index < -0.39 is 0 Å². The van der Waals surface area contributed by atoms with Crippen molar-refractivity contribution in [3.05, 3.63) is 34.9 Å². The molecular weight excluding hydrogens is 246 g/mol. The topological polar surface area (TPSA) is 21.3 Å². The van der Waals surface area contributed by atoms with Crippen LogP contribution in [-0.2, 0) is 4.74 Å². The minimum absolute atomic E-state index is 0.0582. The van der Waals surface area contributed by atoms with Crippen LogP contribution in [0.2, 0.25) is 5.02 Å². The Labute approximate surface area is 116 Å². The van der Waals surface area contributed by atoms with Gasteiger partial charge in [0.1, 0.15) is 0 Å². The molecule has 0 amide bonds. The van der Waals surface area contributed by atoms with Gasteiger partial charge in [-0.15, -0.1) is 0 Å². The van der Waals surface area contributed by atoms with Crippen LogP contribution in [0.5, 0.6) is 0 Å². The minimum Gasteiger partial charge on any atom is -0.372 e. The van der Waals surface area contributed by atoms with Crippen LogP contribution in [-0.4, -0.2) is 18.7 Å². The van der Waals surface area contributed by atoms with E-state index in [9.17, 15) is 0 Å². The Morgan fingerprint density at radius 1 is 1.33 bits per heavy atom. The molecule has 0 heterocycles. The molecule has 1 aromatic rings. The van der Waals surface area contributed by atoms with Crippen molar-refractivity contribution in [2.75, 3.05) is 13.2 Å². The summed E-state index contributed by atoms with van der Waals surface area (Å²) in [6.45, 7) is 10.1. The molecule has 0 spiro atoms. The Kier molecular flexibility index (Phi) is 6.13. The standard InChI is InChI=1S/C15H24ClNO/c1-5-9-18-14(11-17-15(2,3)4)12-7-6-8-13(16)10-12/h6-8,10,14,17H,5,9,11H2,1-4H3. The Balaban J connectivity index is 2.71. The lowest BCUT2D eigenvalue weighted by Gasteiger charge is -2.26. The largest absolute Gasteiger partial charge is 0.372 e. The molecule has 0 fully saturated rings. The quantitative estimate of drug-likeness (QED) is 0.836. The summed E-state index contributed by atoms with van der Waals surface area (Å²) in [5, 5.41) is 4.24. The van der Waals surface area contributed by atoms with Crippen molar-refractivity contribution in [2.24, 2.45) is 0 Å². The molecule has 1 aromatic carbocycles. The van der Waals surface area contributed by atoms with Crippen molar-refractivity contribution in [3.8, 4) is 0 Å². The summed E-state index contributed by atoms with van der Waals surface area (Å²) in [6, 6.07) is 7.90. The third-order valence-electron chi connectivity index (χ3n) is 2.56. The molecule has 1 rings (SSSR count). The lowest BCUT2D eigenvalue weighted by molar-refractivity contribution is 0.0487. The fourth-order valence-electron chi connectivity index (χ4n) is 1.64. The van der Waals surface area contributed by atoms with Crippen molar-refractivity contribution >= 4 is 11.6 Å². The third-order valence-corrected chi connectivity index (χ3v) is 2.80. The molecule has 18 heavy (non-hydrogen) atoms. The predicted octanol–water partition coefficient (Wildman–Crippen LogP) is 4.20. The third kappa shape index (κ3) is 5.85. The van der Waals surface area contributed by atoms with Gasteiger partial charge in [-0.25, -0.2) is 0 Å². The van der Waals surface area contributed by atoms with Gasteiger partial charge in [0.15, 0.2) is 0 Å². The zero-order valence-corrected chi connectivity index (χ0v) is 12.6. The van der Waals surface area contributed by atoms with Crippen molar-refractivity contribution in [3.63, 3.8) is 0 Å². The molecule has 0 aromatic heterocycles. The summed E-state index contributed by atoms with van der Waals surface area (Å²) in [5.74, 6) is 0. The molecule has 0 aliphatic rings. The second kappa shape index (κ2) is 7.13. The van der Waals surface area contributed by atoms with Gasteiger partial charge in [-0.1, -0.05) is 30.7 Å². The van der Waals surface area contributed by atoms with E-state index in [1.54, 1.807) is 0 Å². The first-order valence-electron chi connectivity index (χ1n) is 6.54. The fourth-order valence-corrected chi connectivity index (χ4v) is 1.84. The summed E-state index contributed by atoms with van der Waals surface area (Å²) >= 11 is 6.04. The Morgan fingerprint density at radius 2 is 2.06 bits per heavy atom. The monoisotopic (exact) mass is 269 g/mol. The number of halogens is 1. The highest BCUT2D eigenvalue weighted by atomic mass is 35.5. The predicted molar refractivity (Wildman–Crippen MR) is 78.2 cm³/mol. The smallest absolute Gasteiger partial charge is 0.0949 e. The van der Waals surface area contributed by atoms with Crippen LogP contribution in [0.4, 0.5) is 0 Å². The summed E-state index contributed by atoms with van der Waals surface area (Å²) in [6.07, 6.45) is 1.08. The Morgan fingerprint density at radius 3 is 2.61 bits per heavy atom. The van der Waals surface area contributed by atoms with Crippen LogP contribution in [0.1, 0.15) is 45.8 Å². The molecule has 0 aliphatic heterocycles. The number of rotatable bonds is 6. The van der Waals surface area contributed by atoms with Gasteiger partial charge in [0, 0.05) is 23.7 Å². The van der Waals surface area contributed by atoms with Crippen molar-refractivity contribution < 1.29 is 4.74 Å². The fraction of sp³-hybridized carbons (Fsp3) is 0.600. The van der Waals surface area contributed by atoms with Gasteiger partial charge in [0.2, 0.25) is 0 Å². The van der Waals surface area contributed by atoms with E-state index in [0.717, 1.165) is 30.2 Å². The number of hydrogen-bond donors (Lipinski definition) is 1. The number of nitrogens with one attached hydrogen (secondary N) is 1. The van der Waals surface area contributed by atoms with Crippen LogP contribution in [0, 0.1) is 0 Å². The molecule has 3 heteroatoms. The zero-order valence-electron chi connectivity index (χ0n) is 11.8. The first-order chi connectivity index (χ1) is 8.42. The van der Waals surface area contributed by atoms with E-state index >= 15 is 0 Å². The Hall–Kier alpha value is -0.570. The molecule has 1 atom stereocenters. The highest BCUT2D eigenvalue weighted by Crippen LogP contribution is 2.21. The van der Waals surface area contributed by atoms with Gasteiger partial charge in [-0.05, 0) is 44.9 Å². The highest BCUT2D eigenvalue weighted by Gasteiger charge is 2.16. The SMILES string of the molecule is CCCOC(CNC(C)(C)C)c1cccc(Cl)c1. The van der Waals surface area contributed by atoms with E-state index in [4.69, 9.17) is 16.3 Å². The maximum absolute atomic E-state index is 6.04. The van der Waals surface area contributed by atoms with Gasteiger partial charge in [-0.2, -0.15) is 0 Å². The van der Waals surface area contributed by atoms with Crippen molar-refractivity contribution in [1.29, 1.82) is 0 Å². The Bertz CT molecular complexity index is 360. The molecule has 1 unspecified atom stereocenters. The molecule has 2 nitrogen and oxygen atoms in total. The molecule has 0 bridgehead atoms. The lowest BCUT2D eigenvalue weighted by atomic mass is 10.1. The molecule has 0 aliphatic carbocycles. The summed E-state index contributed by atoms with van der Waals surface area (Å²) < 4.78 is 5.91. The zero-order chi connectivity index (χ0) is 13.6. The summed E-state index contributed by atoms with van der Waals surface area (Å²) in [7, 11) is 0. The van der Waals surface area contributed by atoms with Crippen molar-refractivity contribution in [1.82, 2.24) is 5.32 Å². The minimum atomic E-state index is 0.0582. The van der Waals surface area contributed by atoms with Gasteiger partial charge < -0.3 is 10.1 Å². The normalized spacial score (nSPS) is 13.6. The summed E-state index contributed by atoms with van der Waals surface area (Å²) in [4.78, 5) is 0. The first-order valence-corrected chi connectivity index (χ1v) is 6.92. The molecule has 0 saturated heterocycles. The van der Waals surface area contributed by atoms with E-state index in [1.165, 1.54) is 0 Å².